The Hall–Kier alpha value is 0.880. The van der Waals surface area contributed by atoms with Crippen LogP contribution in [0.1, 0.15) is 19.3 Å². The number of aliphatic hydroxyl groups excluding tert-OH is 1. The standard InChI is InChI=1S/C6H14BrNO.BrH/c7-6(5-9)3-1-2-4-8;/h6,9H,1-5,8H2;1H. The van der Waals surface area contributed by atoms with Gasteiger partial charge in [0.25, 0.3) is 0 Å². The van der Waals surface area contributed by atoms with Gasteiger partial charge < -0.3 is 27.8 Å². The first-order chi connectivity index (χ1) is 4.31. The van der Waals surface area contributed by atoms with E-state index in [0.29, 0.717) is 4.83 Å². The van der Waals surface area contributed by atoms with Gasteiger partial charge in [0.15, 0.2) is 0 Å². The lowest BCUT2D eigenvalue weighted by Crippen LogP contribution is -3.00. The number of hydrogen-bond donors (Lipinski definition) is 2. The third kappa shape index (κ3) is 8.88. The summed E-state index contributed by atoms with van der Waals surface area (Å²) in [5.41, 5.74) is 3.73. The number of alkyl halides is 1. The highest BCUT2D eigenvalue weighted by atomic mass is 79.9. The average Bonchev–Trinajstić information content (AvgIpc) is 1.89. The predicted octanol–water partition coefficient (Wildman–Crippen LogP) is -2.84. The van der Waals surface area contributed by atoms with E-state index in [1.54, 1.807) is 0 Å². The number of aliphatic hydroxyl groups is 1. The Morgan fingerprint density at radius 2 is 2.00 bits per heavy atom. The second-order valence-corrected chi connectivity index (χ2v) is 3.42. The van der Waals surface area contributed by atoms with Gasteiger partial charge in [-0.2, -0.15) is 0 Å². The molecule has 0 aliphatic rings. The molecule has 0 amide bonds. The van der Waals surface area contributed by atoms with Gasteiger partial charge >= 0.3 is 0 Å². The molecule has 0 aromatic rings. The zero-order valence-corrected chi connectivity index (χ0v) is 9.20. The lowest BCUT2D eigenvalue weighted by molar-refractivity contribution is -0.368. The summed E-state index contributed by atoms with van der Waals surface area (Å²) in [7, 11) is 0. The summed E-state index contributed by atoms with van der Waals surface area (Å²) in [6, 6.07) is 0. The summed E-state index contributed by atoms with van der Waals surface area (Å²) < 4.78 is 0. The molecule has 0 aromatic carbocycles. The van der Waals surface area contributed by atoms with Crippen molar-refractivity contribution in [3.63, 3.8) is 0 Å². The number of halogens is 2. The van der Waals surface area contributed by atoms with Crippen LogP contribution in [0.15, 0.2) is 0 Å². The van der Waals surface area contributed by atoms with Crippen molar-refractivity contribution in [3.8, 4) is 0 Å². The van der Waals surface area contributed by atoms with Crippen LogP contribution in [0.25, 0.3) is 0 Å². The van der Waals surface area contributed by atoms with Crippen molar-refractivity contribution >= 4 is 15.9 Å². The van der Waals surface area contributed by atoms with Crippen molar-refractivity contribution in [2.45, 2.75) is 24.1 Å². The smallest absolute Gasteiger partial charge is 0.0739 e. The van der Waals surface area contributed by atoms with Crippen LogP contribution >= 0.6 is 15.9 Å². The maximum absolute atomic E-state index is 8.57. The molecule has 10 heavy (non-hydrogen) atoms. The van der Waals surface area contributed by atoms with Crippen molar-refractivity contribution in [1.82, 2.24) is 0 Å². The molecular formula is C6H15Br2NO. The van der Waals surface area contributed by atoms with Crippen LogP contribution in [0.5, 0.6) is 0 Å². The van der Waals surface area contributed by atoms with E-state index < -0.39 is 0 Å². The van der Waals surface area contributed by atoms with Gasteiger partial charge in [-0.25, -0.2) is 0 Å². The normalized spacial score (nSPS) is 12.3. The molecule has 64 valence electrons. The maximum Gasteiger partial charge on any atom is 0.0739 e. The number of hydrogen-bond acceptors (Lipinski definition) is 1. The molecule has 0 heterocycles. The van der Waals surface area contributed by atoms with E-state index in [2.05, 4.69) is 21.7 Å². The molecule has 0 aromatic heterocycles. The van der Waals surface area contributed by atoms with Gasteiger partial charge in [-0.05, 0) is 19.3 Å². The molecule has 0 spiro atoms. The summed E-state index contributed by atoms with van der Waals surface area (Å²) in [6.07, 6.45) is 3.40. The van der Waals surface area contributed by atoms with E-state index in [4.69, 9.17) is 5.11 Å². The first kappa shape index (κ1) is 13.5. The van der Waals surface area contributed by atoms with Gasteiger partial charge in [0.05, 0.1) is 13.2 Å². The third-order valence-electron chi connectivity index (χ3n) is 1.22. The van der Waals surface area contributed by atoms with E-state index in [0.717, 1.165) is 13.0 Å². The summed E-state index contributed by atoms with van der Waals surface area (Å²) in [6.45, 7) is 1.25. The first-order valence-corrected chi connectivity index (χ1v) is 4.27. The molecule has 0 radical (unpaired) electrons. The molecule has 1 unspecified atom stereocenters. The summed E-state index contributed by atoms with van der Waals surface area (Å²) in [4.78, 5) is 0.295. The van der Waals surface area contributed by atoms with E-state index >= 15 is 0 Å². The Morgan fingerprint density at radius 3 is 2.40 bits per heavy atom. The minimum absolute atomic E-state index is 0. The quantitative estimate of drug-likeness (QED) is 0.413. The largest absolute Gasteiger partial charge is 1.00 e. The highest BCUT2D eigenvalue weighted by Gasteiger charge is 1.99. The van der Waals surface area contributed by atoms with Crippen LogP contribution in [-0.4, -0.2) is 23.1 Å². The Morgan fingerprint density at radius 1 is 1.40 bits per heavy atom. The molecule has 0 saturated carbocycles. The fraction of sp³-hybridized carbons (Fsp3) is 1.00. The summed E-state index contributed by atoms with van der Waals surface area (Å²) in [5, 5.41) is 8.57. The number of quaternary nitrogens is 1. The van der Waals surface area contributed by atoms with Crippen molar-refractivity contribution in [2.24, 2.45) is 0 Å². The molecule has 0 aliphatic carbocycles. The molecule has 2 nitrogen and oxygen atoms in total. The molecule has 0 aliphatic heterocycles. The summed E-state index contributed by atoms with van der Waals surface area (Å²) >= 11 is 3.34. The summed E-state index contributed by atoms with van der Waals surface area (Å²) in [5.74, 6) is 0. The fourth-order valence-corrected chi connectivity index (χ4v) is 0.958. The lowest BCUT2D eigenvalue weighted by atomic mass is 10.2. The predicted molar refractivity (Wildman–Crippen MR) is 41.4 cm³/mol. The second-order valence-electron chi connectivity index (χ2n) is 2.13. The zero-order valence-electron chi connectivity index (χ0n) is 6.02. The van der Waals surface area contributed by atoms with E-state index in [1.807, 2.05) is 0 Å². The van der Waals surface area contributed by atoms with Crippen molar-refractivity contribution in [2.75, 3.05) is 13.2 Å². The monoisotopic (exact) mass is 275 g/mol. The molecule has 0 rings (SSSR count). The van der Waals surface area contributed by atoms with Crippen LogP contribution < -0.4 is 22.7 Å². The van der Waals surface area contributed by atoms with E-state index in [1.165, 1.54) is 12.8 Å². The van der Waals surface area contributed by atoms with Crippen LogP contribution in [-0.2, 0) is 0 Å². The molecule has 0 fully saturated rings. The lowest BCUT2D eigenvalue weighted by Gasteiger charge is -2.02. The Labute approximate surface area is 81.1 Å². The highest BCUT2D eigenvalue weighted by Crippen LogP contribution is 2.07. The molecule has 4 heteroatoms. The molecule has 0 bridgehead atoms. The number of unbranched alkanes of at least 4 members (excludes halogenated alkanes) is 1. The van der Waals surface area contributed by atoms with Crippen molar-refractivity contribution < 1.29 is 27.8 Å². The average molecular weight is 277 g/mol. The minimum Gasteiger partial charge on any atom is -1.00 e. The fourth-order valence-electron chi connectivity index (χ4n) is 0.634. The second kappa shape index (κ2) is 9.88. The van der Waals surface area contributed by atoms with Gasteiger partial charge in [0.2, 0.25) is 0 Å². The Balaban J connectivity index is 0. The Kier molecular flexibility index (Phi) is 13.3. The van der Waals surface area contributed by atoms with Crippen molar-refractivity contribution in [3.05, 3.63) is 0 Å². The third-order valence-corrected chi connectivity index (χ3v) is 1.96. The molecule has 1 atom stereocenters. The van der Waals surface area contributed by atoms with Crippen LogP contribution in [0.2, 0.25) is 0 Å². The SMILES string of the molecule is [Br-].[NH3+]CCCCC(Br)CO. The van der Waals surface area contributed by atoms with E-state index in [9.17, 15) is 0 Å². The topological polar surface area (TPSA) is 47.9 Å². The van der Waals surface area contributed by atoms with Crippen LogP contribution in [0, 0.1) is 0 Å². The van der Waals surface area contributed by atoms with Gasteiger partial charge in [0, 0.05) is 4.83 Å². The van der Waals surface area contributed by atoms with Crippen molar-refractivity contribution in [1.29, 1.82) is 0 Å². The van der Waals surface area contributed by atoms with Crippen LogP contribution in [0.3, 0.4) is 0 Å². The van der Waals surface area contributed by atoms with Gasteiger partial charge in [-0.15, -0.1) is 0 Å². The molecule has 4 N–H and O–H groups in total. The highest BCUT2D eigenvalue weighted by molar-refractivity contribution is 9.09. The minimum atomic E-state index is 0. The van der Waals surface area contributed by atoms with E-state index in [-0.39, 0.29) is 23.6 Å². The Bertz CT molecular complexity index is 63.7. The molecular weight excluding hydrogens is 262 g/mol. The first-order valence-electron chi connectivity index (χ1n) is 3.35. The van der Waals surface area contributed by atoms with Crippen LogP contribution in [0.4, 0.5) is 0 Å². The van der Waals surface area contributed by atoms with Gasteiger partial charge in [0.1, 0.15) is 0 Å². The zero-order chi connectivity index (χ0) is 7.11. The molecule has 0 saturated heterocycles. The maximum atomic E-state index is 8.57. The van der Waals surface area contributed by atoms with Gasteiger partial charge in [-0.1, -0.05) is 15.9 Å². The van der Waals surface area contributed by atoms with Gasteiger partial charge in [-0.3, -0.25) is 0 Å². The number of rotatable bonds is 5.